The number of aliphatic imine (C=N–C) groups is 1. The average molecular weight is 314 g/mol. The number of hydrogen-bond donors (Lipinski definition) is 1. The lowest BCUT2D eigenvalue weighted by atomic mass is 10.0. The van der Waals surface area contributed by atoms with Gasteiger partial charge >= 0.3 is 0 Å². The summed E-state index contributed by atoms with van der Waals surface area (Å²) in [5.41, 5.74) is 3.23. The predicted molar refractivity (Wildman–Crippen MR) is 95.9 cm³/mol. The van der Waals surface area contributed by atoms with E-state index in [2.05, 4.69) is 23.8 Å². The molecule has 0 atom stereocenters. The van der Waals surface area contributed by atoms with Gasteiger partial charge in [-0.05, 0) is 39.1 Å². The van der Waals surface area contributed by atoms with Gasteiger partial charge in [-0.2, -0.15) is 0 Å². The molecular formula is C18H26N4O. The van der Waals surface area contributed by atoms with Crippen LogP contribution in [-0.2, 0) is 0 Å². The molecule has 1 aromatic carbocycles. The van der Waals surface area contributed by atoms with Crippen molar-refractivity contribution >= 4 is 5.71 Å². The minimum absolute atomic E-state index is 0.0361. The molecule has 0 bridgehead atoms. The van der Waals surface area contributed by atoms with Crippen LogP contribution in [0.5, 0.6) is 0 Å². The first kappa shape index (κ1) is 17.2. The summed E-state index contributed by atoms with van der Waals surface area (Å²) in [6, 6.07) is 9.62. The van der Waals surface area contributed by atoms with E-state index in [1.54, 1.807) is 4.68 Å². The standard InChI is InChI=1S/C18H26N4O/c1-13(2)17(19-11-12-21(4)5)16-14(3)20-22(18(16)23)15-9-7-6-8-10-15/h6-10,13,20H,11-12H2,1-5H3. The topological polar surface area (TPSA) is 53.4 Å². The van der Waals surface area contributed by atoms with Crippen LogP contribution >= 0.6 is 0 Å². The van der Waals surface area contributed by atoms with Gasteiger partial charge in [0.15, 0.2) is 0 Å². The number of benzene rings is 1. The van der Waals surface area contributed by atoms with E-state index in [4.69, 9.17) is 4.99 Å². The summed E-state index contributed by atoms with van der Waals surface area (Å²) in [5.74, 6) is 0.198. The number of nitrogens with one attached hydrogen (secondary N) is 1. The number of likely N-dealkylation sites (N-methyl/N-ethyl adjacent to an activating group) is 1. The lowest BCUT2D eigenvalue weighted by Gasteiger charge is -2.11. The normalized spacial score (nSPS) is 12.4. The highest BCUT2D eigenvalue weighted by Gasteiger charge is 2.19. The lowest BCUT2D eigenvalue weighted by molar-refractivity contribution is 0.420. The monoisotopic (exact) mass is 314 g/mol. The van der Waals surface area contributed by atoms with E-state index in [9.17, 15) is 4.79 Å². The van der Waals surface area contributed by atoms with E-state index in [-0.39, 0.29) is 11.5 Å². The van der Waals surface area contributed by atoms with Crippen LogP contribution in [0.1, 0.15) is 25.1 Å². The number of aromatic amines is 1. The number of rotatable bonds is 6. The minimum Gasteiger partial charge on any atom is -0.308 e. The van der Waals surface area contributed by atoms with Gasteiger partial charge in [0.25, 0.3) is 5.56 Å². The molecule has 1 aromatic heterocycles. The highest BCUT2D eigenvalue weighted by atomic mass is 16.1. The fourth-order valence-electron chi connectivity index (χ4n) is 2.53. The summed E-state index contributed by atoms with van der Waals surface area (Å²) < 4.78 is 1.59. The zero-order valence-corrected chi connectivity index (χ0v) is 14.6. The van der Waals surface area contributed by atoms with Crippen LogP contribution in [0.3, 0.4) is 0 Å². The summed E-state index contributed by atoms with van der Waals surface area (Å²) in [6.45, 7) is 7.64. The summed E-state index contributed by atoms with van der Waals surface area (Å²) in [7, 11) is 4.04. The predicted octanol–water partition coefficient (Wildman–Crippen LogP) is 2.48. The van der Waals surface area contributed by atoms with Crippen molar-refractivity contribution in [2.45, 2.75) is 20.8 Å². The van der Waals surface area contributed by atoms with E-state index < -0.39 is 0 Å². The van der Waals surface area contributed by atoms with Crippen molar-refractivity contribution in [1.82, 2.24) is 14.7 Å². The Morgan fingerprint density at radius 2 is 1.91 bits per heavy atom. The van der Waals surface area contributed by atoms with Crippen molar-refractivity contribution in [2.75, 3.05) is 27.2 Å². The molecule has 1 heterocycles. The SMILES string of the molecule is Cc1[nH]n(-c2ccccc2)c(=O)c1C(=NCCN(C)C)C(C)C. The Hall–Kier alpha value is -2.14. The number of para-hydroxylation sites is 1. The van der Waals surface area contributed by atoms with Gasteiger partial charge in [-0.15, -0.1) is 0 Å². The number of hydrogen-bond acceptors (Lipinski definition) is 3. The molecule has 0 fully saturated rings. The zero-order valence-electron chi connectivity index (χ0n) is 14.6. The summed E-state index contributed by atoms with van der Waals surface area (Å²) in [4.78, 5) is 19.7. The number of aryl methyl sites for hydroxylation is 1. The third-order valence-electron chi connectivity index (χ3n) is 3.72. The van der Waals surface area contributed by atoms with Crippen molar-refractivity contribution in [1.29, 1.82) is 0 Å². The van der Waals surface area contributed by atoms with Crippen LogP contribution in [0.25, 0.3) is 5.69 Å². The second kappa shape index (κ2) is 7.42. The van der Waals surface area contributed by atoms with E-state index in [0.717, 1.165) is 23.6 Å². The second-order valence-electron chi connectivity index (χ2n) is 6.31. The molecule has 0 amide bonds. The zero-order chi connectivity index (χ0) is 17.0. The molecule has 0 aliphatic heterocycles. The molecule has 5 nitrogen and oxygen atoms in total. The van der Waals surface area contributed by atoms with Crippen LogP contribution in [0, 0.1) is 12.8 Å². The van der Waals surface area contributed by atoms with E-state index >= 15 is 0 Å². The molecule has 0 aliphatic rings. The van der Waals surface area contributed by atoms with Crippen LogP contribution in [0.4, 0.5) is 0 Å². The quantitative estimate of drug-likeness (QED) is 0.833. The van der Waals surface area contributed by atoms with Gasteiger partial charge in [0, 0.05) is 12.2 Å². The van der Waals surface area contributed by atoms with Crippen molar-refractivity contribution in [2.24, 2.45) is 10.9 Å². The molecule has 2 rings (SSSR count). The van der Waals surface area contributed by atoms with Gasteiger partial charge in [0.2, 0.25) is 0 Å². The molecule has 124 valence electrons. The molecule has 5 heteroatoms. The highest BCUT2D eigenvalue weighted by molar-refractivity contribution is 6.02. The number of nitrogens with zero attached hydrogens (tertiary/aromatic N) is 3. The first-order valence-electron chi connectivity index (χ1n) is 7.98. The van der Waals surface area contributed by atoms with Crippen LogP contribution in [-0.4, -0.2) is 47.6 Å². The fourth-order valence-corrected chi connectivity index (χ4v) is 2.53. The van der Waals surface area contributed by atoms with Crippen molar-refractivity contribution in [3.05, 3.63) is 51.9 Å². The third-order valence-corrected chi connectivity index (χ3v) is 3.72. The number of H-pyrrole nitrogens is 1. The van der Waals surface area contributed by atoms with Gasteiger partial charge < -0.3 is 4.90 Å². The first-order valence-corrected chi connectivity index (χ1v) is 7.98. The Bertz CT molecular complexity index is 723. The maximum Gasteiger partial charge on any atom is 0.280 e. The first-order chi connectivity index (χ1) is 10.9. The van der Waals surface area contributed by atoms with Gasteiger partial charge in [-0.1, -0.05) is 32.0 Å². The average Bonchev–Trinajstić information content (AvgIpc) is 2.79. The Labute approximate surface area is 137 Å². The van der Waals surface area contributed by atoms with Crippen molar-refractivity contribution < 1.29 is 0 Å². The third kappa shape index (κ3) is 3.99. The van der Waals surface area contributed by atoms with Crippen LogP contribution in [0.2, 0.25) is 0 Å². The molecule has 0 radical (unpaired) electrons. The van der Waals surface area contributed by atoms with Gasteiger partial charge in [0.1, 0.15) is 0 Å². The summed E-state index contributed by atoms with van der Waals surface area (Å²) in [5, 5.41) is 3.18. The Morgan fingerprint density at radius 3 is 2.48 bits per heavy atom. The molecule has 2 aromatic rings. The molecule has 1 N–H and O–H groups in total. The maximum atomic E-state index is 12.9. The largest absolute Gasteiger partial charge is 0.308 e. The molecular weight excluding hydrogens is 288 g/mol. The van der Waals surface area contributed by atoms with Gasteiger partial charge in [-0.3, -0.25) is 14.9 Å². The smallest absolute Gasteiger partial charge is 0.280 e. The van der Waals surface area contributed by atoms with Gasteiger partial charge in [-0.25, -0.2) is 4.68 Å². The summed E-state index contributed by atoms with van der Waals surface area (Å²) in [6.07, 6.45) is 0. The van der Waals surface area contributed by atoms with E-state index in [1.807, 2.05) is 51.4 Å². The van der Waals surface area contributed by atoms with Crippen molar-refractivity contribution in [3.8, 4) is 5.69 Å². The fraction of sp³-hybridized carbons (Fsp3) is 0.444. The molecule has 0 saturated carbocycles. The second-order valence-corrected chi connectivity index (χ2v) is 6.31. The Balaban J connectivity index is 2.45. The molecule has 0 aliphatic carbocycles. The molecule has 0 unspecified atom stereocenters. The highest BCUT2D eigenvalue weighted by Crippen LogP contribution is 2.12. The Morgan fingerprint density at radius 1 is 1.26 bits per heavy atom. The Kier molecular flexibility index (Phi) is 5.55. The maximum absolute atomic E-state index is 12.9. The van der Waals surface area contributed by atoms with Crippen molar-refractivity contribution in [3.63, 3.8) is 0 Å². The molecule has 0 saturated heterocycles. The number of aromatic nitrogens is 2. The molecule has 23 heavy (non-hydrogen) atoms. The van der Waals surface area contributed by atoms with E-state index in [0.29, 0.717) is 12.1 Å². The summed E-state index contributed by atoms with van der Waals surface area (Å²) >= 11 is 0. The molecule has 0 spiro atoms. The van der Waals surface area contributed by atoms with Crippen LogP contribution in [0.15, 0.2) is 40.1 Å². The lowest BCUT2D eigenvalue weighted by Crippen LogP contribution is -2.24. The van der Waals surface area contributed by atoms with Gasteiger partial charge in [0.05, 0.1) is 23.5 Å². The minimum atomic E-state index is -0.0361. The van der Waals surface area contributed by atoms with Crippen LogP contribution < -0.4 is 5.56 Å². The van der Waals surface area contributed by atoms with E-state index in [1.165, 1.54) is 0 Å².